The molecule has 2 heteroatoms. The van der Waals surface area contributed by atoms with Crippen molar-refractivity contribution < 1.29 is 9.53 Å². The zero-order chi connectivity index (χ0) is 20.0. The maximum atomic E-state index is 11.7. The highest BCUT2D eigenvalue weighted by Gasteiger charge is 2.03. The van der Waals surface area contributed by atoms with Crippen molar-refractivity contribution in [1.82, 2.24) is 0 Å². The zero-order valence-corrected chi connectivity index (χ0v) is 19.0. The first-order chi connectivity index (χ1) is 13.2. The van der Waals surface area contributed by atoms with Crippen LogP contribution in [0.1, 0.15) is 143 Å². The van der Waals surface area contributed by atoms with Crippen molar-refractivity contribution in [2.24, 2.45) is 5.92 Å². The molecule has 0 bridgehead atoms. The molecule has 0 radical (unpaired) electrons. The minimum atomic E-state index is 0.0167. The lowest BCUT2D eigenvalue weighted by molar-refractivity contribution is -0.143. The van der Waals surface area contributed by atoms with Crippen molar-refractivity contribution in [3.8, 4) is 0 Å². The number of carbonyl (C=O) groups is 1. The first kappa shape index (κ1) is 26.5. The second kappa shape index (κ2) is 21.8. The lowest BCUT2D eigenvalue weighted by atomic mass is 10.00. The molecular formula is C25H50O2. The van der Waals surface area contributed by atoms with Crippen LogP contribution in [0.15, 0.2) is 0 Å². The van der Waals surface area contributed by atoms with E-state index in [-0.39, 0.29) is 5.97 Å². The molecule has 0 aromatic rings. The summed E-state index contributed by atoms with van der Waals surface area (Å²) in [5.74, 6) is 0.915. The fourth-order valence-electron chi connectivity index (χ4n) is 3.52. The minimum absolute atomic E-state index is 0.0167. The highest BCUT2D eigenvalue weighted by atomic mass is 16.5. The predicted molar refractivity (Wildman–Crippen MR) is 119 cm³/mol. The molecular weight excluding hydrogens is 332 g/mol. The summed E-state index contributed by atoms with van der Waals surface area (Å²) in [4.78, 5) is 11.7. The number of ether oxygens (including phenoxy) is 1. The highest BCUT2D eigenvalue weighted by molar-refractivity contribution is 5.69. The summed E-state index contributed by atoms with van der Waals surface area (Å²) < 4.78 is 5.36. The Labute approximate surface area is 171 Å². The van der Waals surface area contributed by atoms with Crippen LogP contribution in [0.4, 0.5) is 0 Å². The van der Waals surface area contributed by atoms with Crippen LogP contribution in [0.2, 0.25) is 0 Å². The van der Waals surface area contributed by atoms with Crippen LogP contribution in [0.5, 0.6) is 0 Å². The summed E-state index contributed by atoms with van der Waals surface area (Å²) in [6.45, 7) is 7.53. The Kier molecular flexibility index (Phi) is 21.3. The molecule has 0 N–H and O–H groups in total. The first-order valence-electron chi connectivity index (χ1n) is 12.4. The molecule has 0 aliphatic rings. The van der Waals surface area contributed by atoms with Gasteiger partial charge in [-0.15, -0.1) is 0 Å². The standard InChI is InChI=1S/C25H50O2/c1-4-6-7-8-9-10-13-16-19-22-25(26)27-23-20-17-14-11-12-15-18-21-24(3)5-2/h24H,4-23H2,1-3H3. The van der Waals surface area contributed by atoms with Gasteiger partial charge in [0.25, 0.3) is 0 Å². The van der Waals surface area contributed by atoms with E-state index >= 15 is 0 Å². The van der Waals surface area contributed by atoms with Gasteiger partial charge >= 0.3 is 5.97 Å². The third kappa shape index (κ3) is 21.6. The topological polar surface area (TPSA) is 26.3 Å². The summed E-state index contributed by atoms with van der Waals surface area (Å²) in [7, 11) is 0. The van der Waals surface area contributed by atoms with E-state index in [9.17, 15) is 4.79 Å². The second-order valence-electron chi connectivity index (χ2n) is 8.58. The van der Waals surface area contributed by atoms with E-state index in [1.165, 1.54) is 103 Å². The molecule has 0 aromatic heterocycles. The highest BCUT2D eigenvalue weighted by Crippen LogP contribution is 2.14. The van der Waals surface area contributed by atoms with Gasteiger partial charge in [0, 0.05) is 6.42 Å². The monoisotopic (exact) mass is 382 g/mol. The summed E-state index contributed by atoms with van der Waals surface area (Å²) in [5.41, 5.74) is 0. The Hall–Kier alpha value is -0.530. The maximum absolute atomic E-state index is 11.7. The molecule has 0 fully saturated rings. The van der Waals surface area contributed by atoms with Crippen molar-refractivity contribution in [2.45, 2.75) is 143 Å². The van der Waals surface area contributed by atoms with E-state index in [1.54, 1.807) is 0 Å². The SMILES string of the molecule is CCCCCCCCCCCC(=O)OCCCCCCCCCC(C)CC. The summed E-state index contributed by atoms with van der Waals surface area (Å²) in [6.07, 6.45) is 24.0. The molecule has 0 aromatic carbocycles. The van der Waals surface area contributed by atoms with Gasteiger partial charge in [-0.1, -0.05) is 124 Å². The van der Waals surface area contributed by atoms with Crippen molar-refractivity contribution in [3.63, 3.8) is 0 Å². The summed E-state index contributed by atoms with van der Waals surface area (Å²) >= 11 is 0. The van der Waals surface area contributed by atoms with Crippen LogP contribution in [-0.4, -0.2) is 12.6 Å². The molecule has 0 heterocycles. The van der Waals surface area contributed by atoms with Crippen molar-refractivity contribution in [2.75, 3.05) is 6.61 Å². The Bertz CT molecular complexity index is 301. The molecule has 0 saturated carbocycles. The average Bonchev–Trinajstić information content (AvgIpc) is 2.67. The van der Waals surface area contributed by atoms with Crippen molar-refractivity contribution >= 4 is 5.97 Å². The van der Waals surface area contributed by atoms with Crippen LogP contribution in [-0.2, 0) is 9.53 Å². The van der Waals surface area contributed by atoms with Gasteiger partial charge in [-0.3, -0.25) is 4.79 Å². The largest absolute Gasteiger partial charge is 0.466 e. The smallest absolute Gasteiger partial charge is 0.305 e. The molecule has 1 unspecified atom stereocenters. The molecule has 0 aliphatic carbocycles. The van der Waals surface area contributed by atoms with E-state index in [0.717, 1.165) is 18.8 Å². The van der Waals surface area contributed by atoms with E-state index in [2.05, 4.69) is 20.8 Å². The van der Waals surface area contributed by atoms with Gasteiger partial charge in [-0.25, -0.2) is 0 Å². The van der Waals surface area contributed by atoms with Crippen molar-refractivity contribution in [1.29, 1.82) is 0 Å². The van der Waals surface area contributed by atoms with Crippen LogP contribution < -0.4 is 0 Å². The van der Waals surface area contributed by atoms with Gasteiger partial charge < -0.3 is 4.74 Å². The first-order valence-corrected chi connectivity index (χ1v) is 12.4. The predicted octanol–water partition coefficient (Wildman–Crippen LogP) is 8.62. The van der Waals surface area contributed by atoms with E-state index in [1.807, 2.05) is 0 Å². The molecule has 0 aliphatic heterocycles. The number of unbranched alkanes of at least 4 members (excludes halogenated alkanes) is 14. The van der Waals surface area contributed by atoms with Crippen LogP contribution in [0.25, 0.3) is 0 Å². The molecule has 0 spiro atoms. The molecule has 1 atom stereocenters. The lowest BCUT2D eigenvalue weighted by Gasteiger charge is -2.07. The Morgan fingerprint density at radius 1 is 0.667 bits per heavy atom. The maximum Gasteiger partial charge on any atom is 0.305 e. The molecule has 0 saturated heterocycles. The third-order valence-corrected chi connectivity index (χ3v) is 5.79. The normalized spacial score (nSPS) is 12.3. The quantitative estimate of drug-likeness (QED) is 0.147. The Balaban J connectivity index is 3.17. The van der Waals surface area contributed by atoms with Gasteiger partial charge in [0.2, 0.25) is 0 Å². The molecule has 162 valence electrons. The minimum Gasteiger partial charge on any atom is -0.466 e. The summed E-state index contributed by atoms with van der Waals surface area (Å²) in [5, 5.41) is 0. The summed E-state index contributed by atoms with van der Waals surface area (Å²) in [6, 6.07) is 0. The van der Waals surface area contributed by atoms with E-state index in [4.69, 9.17) is 4.74 Å². The second-order valence-corrected chi connectivity index (χ2v) is 8.58. The van der Waals surface area contributed by atoms with Gasteiger partial charge in [-0.2, -0.15) is 0 Å². The molecule has 0 rings (SSSR count). The average molecular weight is 383 g/mol. The van der Waals surface area contributed by atoms with E-state index < -0.39 is 0 Å². The zero-order valence-electron chi connectivity index (χ0n) is 19.0. The van der Waals surface area contributed by atoms with Crippen molar-refractivity contribution in [3.05, 3.63) is 0 Å². The number of hydrogen-bond acceptors (Lipinski definition) is 2. The number of hydrogen-bond donors (Lipinski definition) is 0. The van der Waals surface area contributed by atoms with Crippen LogP contribution >= 0.6 is 0 Å². The van der Waals surface area contributed by atoms with Gasteiger partial charge in [0.1, 0.15) is 0 Å². The number of esters is 1. The Morgan fingerprint density at radius 2 is 1.15 bits per heavy atom. The van der Waals surface area contributed by atoms with Crippen LogP contribution in [0, 0.1) is 5.92 Å². The molecule has 0 amide bonds. The Morgan fingerprint density at radius 3 is 1.70 bits per heavy atom. The number of rotatable bonds is 21. The fraction of sp³-hybridized carbons (Fsp3) is 0.960. The number of carbonyl (C=O) groups excluding carboxylic acids is 1. The lowest BCUT2D eigenvalue weighted by Crippen LogP contribution is -2.05. The van der Waals surface area contributed by atoms with Crippen LogP contribution in [0.3, 0.4) is 0 Å². The fourth-order valence-corrected chi connectivity index (χ4v) is 3.52. The van der Waals surface area contributed by atoms with Gasteiger partial charge in [0.05, 0.1) is 6.61 Å². The van der Waals surface area contributed by atoms with E-state index in [0.29, 0.717) is 13.0 Å². The van der Waals surface area contributed by atoms with Gasteiger partial charge in [0.15, 0.2) is 0 Å². The van der Waals surface area contributed by atoms with Gasteiger partial charge in [-0.05, 0) is 18.8 Å². The molecule has 2 nitrogen and oxygen atoms in total. The third-order valence-electron chi connectivity index (χ3n) is 5.79. The molecule has 27 heavy (non-hydrogen) atoms.